The van der Waals surface area contributed by atoms with Crippen molar-refractivity contribution in [3.05, 3.63) is 0 Å². The van der Waals surface area contributed by atoms with Crippen LogP contribution in [0.5, 0.6) is 0 Å². The lowest BCUT2D eigenvalue weighted by atomic mass is 9.90. The van der Waals surface area contributed by atoms with Gasteiger partial charge in [-0.3, -0.25) is 4.79 Å². The molecule has 2 atom stereocenters. The highest BCUT2D eigenvalue weighted by molar-refractivity contribution is 6.02. The number of hydrogen-bond donors (Lipinski definition) is 2. The van der Waals surface area contributed by atoms with Crippen LogP contribution >= 0.6 is 0 Å². The van der Waals surface area contributed by atoms with E-state index in [9.17, 15) is 4.79 Å². The van der Waals surface area contributed by atoms with E-state index in [1.807, 2.05) is 18.7 Å². The van der Waals surface area contributed by atoms with Gasteiger partial charge in [-0.05, 0) is 24.7 Å². The summed E-state index contributed by atoms with van der Waals surface area (Å²) >= 11 is 0. The molecule has 3 N–H and O–H groups in total. The van der Waals surface area contributed by atoms with Gasteiger partial charge in [-0.15, -0.1) is 0 Å². The van der Waals surface area contributed by atoms with Crippen molar-refractivity contribution in [3.63, 3.8) is 0 Å². The summed E-state index contributed by atoms with van der Waals surface area (Å²) in [5.41, 5.74) is 5.65. The van der Waals surface area contributed by atoms with Crippen molar-refractivity contribution >= 4 is 11.7 Å². The Morgan fingerprint density at radius 1 is 1.56 bits per heavy atom. The molecule has 18 heavy (non-hydrogen) atoms. The molecule has 0 radical (unpaired) electrons. The molecule has 1 fully saturated rings. The topological polar surface area (TPSA) is 78.9 Å². The number of oxime groups is 1. The highest BCUT2D eigenvalue weighted by Crippen LogP contribution is 2.23. The van der Waals surface area contributed by atoms with E-state index in [-0.39, 0.29) is 17.7 Å². The van der Waals surface area contributed by atoms with Crippen LogP contribution in [-0.2, 0) is 4.79 Å². The third-order valence-corrected chi connectivity index (χ3v) is 3.77. The molecule has 0 bridgehead atoms. The molecule has 1 saturated heterocycles. The fourth-order valence-corrected chi connectivity index (χ4v) is 2.61. The van der Waals surface area contributed by atoms with Crippen molar-refractivity contribution in [3.8, 4) is 0 Å². The number of amidine groups is 1. The average Bonchev–Trinajstić information content (AvgIpc) is 2.38. The maximum Gasteiger partial charge on any atom is 0.233 e. The van der Waals surface area contributed by atoms with E-state index in [1.54, 1.807) is 0 Å². The van der Waals surface area contributed by atoms with Gasteiger partial charge in [-0.1, -0.05) is 32.3 Å². The predicted octanol–water partition coefficient (Wildman–Crippen LogP) is 1.65. The first kappa shape index (κ1) is 14.8. The maximum absolute atomic E-state index is 12.5. The molecular formula is C13H25N3O2. The van der Waals surface area contributed by atoms with Gasteiger partial charge in [0.05, 0.1) is 0 Å². The molecule has 0 aromatic carbocycles. The molecule has 2 unspecified atom stereocenters. The number of nitrogens with two attached hydrogens (primary N) is 1. The van der Waals surface area contributed by atoms with E-state index in [0.29, 0.717) is 5.92 Å². The summed E-state index contributed by atoms with van der Waals surface area (Å²) in [6.45, 7) is 7.58. The van der Waals surface area contributed by atoms with Crippen LogP contribution in [0.4, 0.5) is 0 Å². The van der Waals surface area contributed by atoms with Gasteiger partial charge >= 0.3 is 0 Å². The number of nitrogens with zero attached hydrogens (tertiary/aromatic N) is 2. The van der Waals surface area contributed by atoms with Crippen molar-refractivity contribution in [1.29, 1.82) is 0 Å². The Bertz CT molecular complexity index is 315. The lowest BCUT2D eigenvalue weighted by molar-refractivity contribution is -0.136. The Kier molecular flexibility index (Phi) is 5.44. The molecule has 0 aromatic heterocycles. The molecule has 0 spiro atoms. The van der Waals surface area contributed by atoms with E-state index in [1.165, 1.54) is 6.42 Å². The molecule has 0 aromatic rings. The summed E-state index contributed by atoms with van der Waals surface area (Å²) in [5.74, 6) is 0.135. The van der Waals surface area contributed by atoms with Gasteiger partial charge in [0.15, 0.2) is 5.84 Å². The Hall–Kier alpha value is -1.26. The molecule has 0 aliphatic carbocycles. The zero-order valence-electron chi connectivity index (χ0n) is 11.6. The van der Waals surface area contributed by atoms with Gasteiger partial charge in [-0.25, -0.2) is 0 Å². The first-order chi connectivity index (χ1) is 8.51. The van der Waals surface area contributed by atoms with Crippen LogP contribution in [0.2, 0.25) is 0 Å². The molecule has 1 amide bonds. The van der Waals surface area contributed by atoms with Crippen LogP contribution in [0, 0.1) is 17.8 Å². The van der Waals surface area contributed by atoms with Gasteiger partial charge in [-0.2, -0.15) is 0 Å². The summed E-state index contributed by atoms with van der Waals surface area (Å²) in [6.07, 6.45) is 3.33. The third-order valence-electron chi connectivity index (χ3n) is 3.77. The Labute approximate surface area is 109 Å². The average molecular weight is 255 g/mol. The van der Waals surface area contributed by atoms with Crippen LogP contribution in [0.15, 0.2) is 5.16 Å². The summed E-state index contributed by atoms with van der Waals surface area (Å²) < 4.78 is 0. The standard InChI is InChI=1S/C13H25N3O2/c1-4-10-6-5-7-16(8-10)13(17)11(9(2)3)12(14)15-18/h9-11,18H,4-8H2,1-3H3,(H2,14,15). The highest BCUT2D eigenvalue weighted by Gasteiger charge is 2.32. The third kappa shape index (κ3) is 3.37. The number of likely N-dealkylation sites (tertiary alicyclic amines) is 1. The Balaban J connectivity index is 2.77. The summed E-state index contributed by atoms with van der Waals surface area (Å²) in [4.78, 5) is 14.3. The number of carbonyl (C=O) groups is 1. The lowest BCUT2D eigenvalue weighted by Crippen LogP contribution is -2.48. The number of piperidine rings is 1. The summed E-state index contributed by atoms with van der Waals surface area (Å²) in [7, 11) is 0. The number of hydrogen-bond acceptors (Lipinski definition) is 3. The van der Waals surface area contributed by atoms with Crippen molar-refractivity contribution in [2.24, 2.45) is 28.6 Å². The van der Waals surface area contributed by atoms with Crippen LogP contribution < -0.4 is 5.73 Å². The number of rotatable bonds is 4. The van der Waals surface area contributed by atoms with E-state index in [0.717, 1.165) is 25.9 Å². The fourth-order valence-electron chi connectivity index (χ4n) is 2.61. The van der Waals surface area contributed by atoms with E-state index in [2.05, 4.69) is 12.1 Å². The summed E-state index contributed by atoms with van der Waals surface area (Å²) in [5, 5.41) is 11.8. The molecule has 104 valence electrons. The molecule has 1 heterocycles. The monoisotopic (exact) mass is 255 g/mol. The number of carbonyl (C=O) groups excluding carboxylic acids is 1. The quantitative estimate of drug-likeness (QED) is 0.347. The largest absolute Gasteiger partial charge is 0.409 e. The lowest BCUT2D eigenvalue weighted by Gasteiger charge is -2.35. The normalized spacial score (nSPS) is 23.2. The molecule has 5 nitrogen and oxygen atoms in total. The molecular weight excluding hydrogens is 230 g/mol. The van der Waals surface area contributed by atoms with Crippen molar-refractivity contribution in [1.82, 2.24) is 4.90 Å². The fraction of sp³-hybridized carbons (Fsp3) is 0.846. The van der Waals surface area contributed by atoms with Gasteiger partial charge in [0, 0.05) is 13.1 Å². The zero-order valence-corrected chi connectivity index (χ0v) is 11.6. The molecule has 5 heteroatoms. The molecule has 0 saturated carbocycles. The Morgan fingerprint density at radius 2 is 2.22 bits per heavy atom. The van der Waals surface area contributed by atoms with Crippen LogP contribution in [0.3, 0.4) is 0 Å². The smallest absolute Gasteiger partial charge is 0.233 e. The second-order valence-electron chi connectivity index (χ2n) is 5.45. The second kappa shape index (κ2) is 6.61. The minimum atomic E-state index is -0.509. The van der Waals surface area contributed by atoms with Gasteiger partial charge in [0.25, 0.3) is 0 Å². The van der Waals surface area contributed by atoms with Gasteiger partial charge in [0.2, 0.25) is 5.91 Å². The summed E-state index contributed by atoms with van der Waals surface area (Å²) in [6, 6.07) is 0. The van der Waals surface area contributed by atoms with Gasteiger partial charge in [0.1, 0.15) is 5.92 Å². The van der Waals surface area contributed by atoms with Crippen LogP contribution in [-0.4, -0.2) is 34.9 Å². The van der Waals surface area contributed by atoms with E-state index < -0.39 is 5.92 Å². The maximum atomic E-state index is 12.5. The predicted molar refractivity (Wildman–Crippen MR) is 71.3 cm³/mol. The van der Waals surface area contributed by atoms with Crippen LogP contribution in [0.25, 0.3) is 0 Å². The van der Waals surface area contributed by atoms with Crippen molar-refractivity contribution < 1.29 is 10.0 Å². The van der Waals surface area contributed by atoms with Crippen molar-refractivity contribution in [2.75, 3.05) is 13.1 Å². The van der Waals surface area contributed by atoms with Gasteiger partial charge < -0.3 is 15.8 Å². The first-order valence-electron chi connectivity index (χ1n) is 6.77. The zero-order chi connectivity index (χ0) is 13.7. The van der Waals surface area contributed by atoms with Crippen LogP contribution in [0.1, 0.15) is 40.0 Å². The van der Waals surface area contributed by atoms with Crippen molar-refractivity contribution in [2.45, 2.75) is 40.0 Å². The highest BCUT2D eigenvalue weighted by atomic mass is 16.4. The van der Waals surface area contributed by atoms with E-state index in [4.69, 9.17) is 10.9 Å². The first-order valence-corrected chi connectivity index (χ1v) is 6.77. The molecule has 1 aliphatic rings. The Morgan fingerprint density at radius 3 is 2.72 bits per heavy atom. The SMILES string of the molecule is CCC1CCCN(C(=O)C(C(N)=NO)C(C)C)C1. The molecule has 1 aliphatic heterocycles. The van der Waals surface area contributed by atoms with E-state index >= 15 is 0 Å². The minimum absolute atomic E-state index is 0.00144. The minimum Gasteiger partial charge on any atom is -0.409 e. The molecule has 1 rings (SSSR count). The number of amides is 1. The second-order valence-corrected chi connectivity index (χ2v) is 5.45.